The lowest BCUT2D eigenvalue weighted by molar-refractivity contribution is 0.599. The van der Waals surface area contributed by atoms with Crippen LogP contribution in [0.2, 0.25) is 0 Å². The number of fused-ring (bicyclic) bond motifs is 1. The van der Waals surface area contributed by atoms with Crippen molar-refractivity contribution in [2.75, 3.05) is 4.72 Å². The number of sulfonamides is 1. The topological polar surface area (TPSA) is 59.1 Å². The third-order valence-corrected chi connectivity index (χ3v) is 6.27. The molecular formula is C19H13FN2O2S2. The highest BCUT2D eigenvalue weighted by atomic mass is 32.2. The summed E-state index contributed by atoms with van der Waals surface area (Å²) >= 11 is 1.49. The van der Waals surface area contributed by atoms with Gasteiger partial charge >= 0.3 is 0 Å². The van der Waals surface area contributed by atoms with Gasteiger partial charge in [0.05, 0.1) is 20.8 Å². The maximum absolute atomic E-state index is 13.1. The van der Waals surface area contributed by atoms with Gasteiger partial charge in [0.15, 0.2) is 0 Å². The zero-order valence-electron chi connectivity index (χ0n) is 13.4. The number of halogens is 1. The Morgan fingerprint density at radius 3 is 2.35 bits per heavy atom. The van der Waals surface area contributed by atoms with Crippen molar-refractivity contribution in [3.8, 4) is 10.6 Å². The van der Waals surface area contributed by atoms with Crippen LogP contribution in [-0.2, 0) is 10.0 Å². The molecule has 130 valence electrons. The highest BCUT2D eigenvalue weighted by Gasteiger charge is 2.18. The van der Waals surface area contributed by atoms with Crippen molar-refractivity contribution < 1.29 is 12.8 Å². The van der Waals surface area contributed by atoms with Gasteiger partial charge in [-0.2, -0.15) is 0 Å². The summed E-state index contributed by atoms with van der Waals surface area (Å²) in [6.45, 7) is 0. The van der Waals surface area contributed by atoms with Crippen LogP contribution in [0.15, 0.2) is 77.7 Å². The van der Waals surface area contributed by atoms with E-state index in [0.29, 0.717) is 11.3 Å². The van der Waals surface area contributed by atoms with Crippen molar-refractivity contribution in [3.05, 3.63) is 78.6 Å². The molecule has 4 rings (SSSR count). The van der Waals surface area contributed by atoms with E-state index in [2.05, 4.69) is 9.71 Å². The molecule has 0 aliphatic carbocycles. The van der Waals surface area contributed by atoms with Crippen LogP contribution in [0.5, 0.6) is 0 Å². The summed E-state index contributed by atoms with van der Waals surface area (Å²) in [7, 11) is -3.83. The van der Waals surface area contributed by atoms with E-state index < -0.39 is 15.8 Å². The maximum Gasteiger partial charge on any atom is 0.261 e. The Balaban J connectivity index is 1.75. The van der Waals surface area contributed by atoms with E-state index >= 15 is 0 Å². The van der Waals surface area contributed by atoms with Gasteiger partial charge in [-0.15, -0.1) is 11.3 Å². The van der Waals surface area contributed by atoms with Crippen LogP contribution in [0.1, 0.15) is 0 Å². The second-order valence-electron chi connectivity index (χ2n) is 5.59. The van der Waals surface area contributed by atoms with Gasteiger partial charge < -0.3 is 0 Å². The highest BCUT2D eigenvalue weighted by Crippen LogP contribution is 2.35. The predicted octanol–water partition coefficient (Wildman–Crippen LogP) is 4.90. The molecule has 0 atom stereocenters. The van der Waals surface area contributed by atoms with Crippen molar-refractivity contribution in [2.24, 2.45) is 0 Å². The van der Waals surface area contributed by atoms with Gasteiger partial charge in [0.1, 0.15) is 10.8 Å². The standard InChI is InChI=1S/C19H13FN2O2S2/c20-13-9-11-14(12-10-13)26(23,24)22-16-6-2-1-5-15(16)19-21-17-7-3-4-8-18(17)25-19/h1-12,22H. The minimum Gasteiger partial charge on any atom is -0.279 e. The molecule has 0 aliphatic heterocycles. The molecule has 0 bridgehead atoms. The molecule has 7 heteroatoms. The molecule has 1 heterocycles. The van der Waals surface area contributed by atoms with Crippen molar-refractivity contribution in [3.63, 3.8) is 0 Å². The molecule has 26 heavy (non-hydrogen) atoms. The Bertz CT molecular complexity index is 1150. The second-order valence-corrected chi connectivity index (χ2v) is 8.30. The number of aromatic nitrogens is 1. The van der Waals surface area contributed by atoms with Crippen LogP contribution in [0, 0.1) is 5.82 Å². The SMILES string of the molecule is O=S(=O)(Nc1ccccc1-c1nc2ccccc2s1)c1ccc(F)cc1. The predicted molar refractivity (Wildman–Crippen MR) is 102 cm³/mol. The van der Waals surface area contributed by atoms with E-state index in [1.807, 2.05) is 36.4 Å². The Hall–Kier alpha value is -2.77. The molecule has 4 nitrogen and oxygen atoms in total. The minimum absolute atomic E-state index is 0.00185. The first-order valence-corrected chi connectivity index (χ1v) is 10.1. The highest BCUT2D eigenvalue weighted by molar-refractivity contribution is 7.92. The first-order valence-electron chi connectivity index (χ1n) is 7.76. The average Bonchev–Trinajstić information content (AvgIpc) is 3.06. The van der Waals surface area contributed by atoms with Crippen LogP contribution in [0.3, 0.4) is 0 Å². The fourth-order valence-corrected chi connectivity index (χ4v) is 4.65. The zero-order chi connectivity index (χ0) is 18.1. The summed E-state index contributed by atoms with van der Waals surface area (Å²) < 4.78 is 41.9. The number of hydrogen-bond donors (Lipinski definition) is 1. The van der Waals surface area contributed by atoms with E-state index in [4.69, 9.17) is 0 Å². The summed E-state index contributed by atoms with van der Waals surface area (Å²) in [4.78, 5) is 4.59. The first-order chi connectivity index (χ1) is 12.5. The fourth-order valence-electron chi connectivity index (χ4n) is 2.56. The number of anilines is 1. The molecule has 0 fully saturated rings. The van der Waals surface area contributed by atoms with Gasteiger partial charge in [-0.25, -0.2) is 17.8 Å². The lowest BCUT2D eigenvalue weighted by Gasteiger charge is -2.11. The van der Waals surface area contributed by atoms with Gasteiger partial charge in [-0.1, -0.05) is 24.3 Å². The summed E-state index contributed by atoms with van der Waals surface area (Å²) in [5.41, 5.74) is 1.99. The Labute approximate surface area is 154 Å². The Morgan fingerprint density at radius 1 is 0.885 bits per heavy atom. The number of thiazole rings is 1. The van der Waals surface area contributed by atoms with Crippen molar-refractivity contribution >= 4 is 37.3 Å². The van der Waals surface area contributed by atoms with E-state index in [-0.39, 0.29) is 4.90 Å². The van der Waals surface area contributed by atoms with E-state index in [1.165, 1.54) is 23.5 Å². The summed E-state index contributed by atoms with van der Waals surface area (Å²) in [5.74, 6) is -0.487. The quantitative estimate of drug-likeness (QED) is 0.544. The molecule has 0 spiro atoms. The number of benzene rings is 3. The monoisotopic (exact) mass is 384 g/mol. The summed E-state index contributed by atoms with van der Waals surface area (Å²) in [6, 6.07) is 19.5. The molecule has 0 amide bonds. The molecule has 1 aromatic heterocycles. The van der Waals surface area contributed by atoms with Crippen LogP contribution in [0.25, 0.3) is 20.8 Å². The van der Waals surface area contributed by atoms with Crippen molar-refractivity contribution in [2.45, 2.75) is 4.90 Å². The van der Waals surface area contributed by atoms with Crippen molar-refractivity contribution in [1.29, 1.82) is 0 Å². The molecule has 1 N–H and O–H groups in total. The van der Waals surface area contributed by atoms with E-state index in [9.17, 15) is 12.8 Å². The zero-order valence-corrected chi connectivity index (χ0v) is 15.0. The van der Waals surface area contributed by atoms with Crippen molar-refractivity contribution in [1.82, 2.24) is 4.98 Å². The van der Waals surface area contributed by atoms with Crippen LogP contribution < -0.4 is 4.72 Å². The molecule has 0 unspecified atom stereocenters. The van der Waals surface area contributed by atoms with Gasteiger partial charge in [-0.05, 0) is 48.5 Å². The Kier molecular flexibility index (Phi) is 4.18. The van der Waals surface area contributed by atoms with Gasteiger partial charge in [0, 0.05) is 5.56 Å². The molecular weight excluding hydrogens is 371 g/mol. The molecule has 0 saturated heterocycles. The second kappa shape index (κ2) is 6.51. The molecule has 0 radical (unpaired) electrons. The number of hydrogen-bond acceptors (Lipinski definition) is 4. The maximum atomic E-state index is 13.1. The van der Waals surface area contributed by atoms with E-state index in [0.717, 1.165) is 27.4 Å². The average molecular weight is 384 g/mol. The molecule has 0 aliphatic rings. The Morgan fingerprint density at radius 2 is 1.58 bits per heavy atom. The third-order valence-electron chi connectivity index (χ3n) is 3.82. The lowest BCUT2D eigenvalue weighted by Crippen LogP contribution is -2.13. The van der Waals surface area contributed by atoms with Gasteiger partial charge in [0.2, 0.25) is 0 Å². The number of nitrogens with one attached hydrogen (secondary N) is 1. The smallest absolute Gasteiger partial charge is 0.261 e. The molecule has 0 saturated carbocycles. The number of rotatable bonds is 4. The number of para-hydroxylation sites is 2. The molecule has 3 aromatic carbocycles. The minimum atomic E-state index is -3.83. The van der Waals surface area contributed by atoms with Gasteiger partial charge in [0.25, 0.3) is 10.0 Å². The lowest BCUT2D eigenvalue weighted by atomic mass is 10.2. The summed E-state index contributed by atoms with van der Waals surface area (Å²) in [6.07, 6.45) is 0. The van der Waals surface area contributed by atoms with Crippen LogP contribution in [-0.4, -0.2) is 13.4 Å². The fraction of sp³-hybridized carbons (Fsp3) is 0. The first kappa shape index (κ1) is 16.7. The molecule has 4 aromatic rings. The summed E-state index contributed by atoms with van der Waals surface area (Å²) in [5, 5.41) is 0.726. The van der Waals surface area contributed by atoms with Crippen LogP contribution >= 0.6 is 11.3 Å². The van der Waals surface area contributed by atoms with Gasteiger partial charge in [-0.3, -0.25) is 4.72 Å². The normalized spacial score (nSPS) is 11.6. The van der Waals surface area contributed by atoms with Crippen LogP contribution in [0.4, 0.5) is 10.1 Å². The third kappa shape index (κ3) is 3.18. The largest absolute Gasteiger partial charge is 0.279 e. The number of nitrogens with zero attached hydrogens (tertiary/aromatic N) is 1. The van der Waals surface area contributed by atoms with E-state index in [1.54, 1.807) is 12.1 Å².